The van der Waals surface area contributed by atoms with Gasteiger partial charge in [-0.2, -0.15) is 9.97 Å². The maximum absolute atomic E-state index is 14.6. The summed E-state index contributed by atoms with van der Waals surface area (Å²) in [4.78, 5) is 20.9. The number of hydrogen-bond donors (Lipinski definition) is 3. The minimum absolute atomic E-state index is 0.105. The quantitative estimate of drug-likeness (QED) is 0.106. The molecule has 1 saturated heterocycles. The number of anilines is 1. The van der Waals surface area contributed by atoms with Gasteiger partial charge in [-0.3, -0.25) is 4.79 Å². The summed E-state index contributed by atoms with van der Waals surface area (Å²) in [6, 6.07) is 1.64. The number of fused-ring (bicyclic) bond motifs is 1. The Hall–Kier alpha value is -2.07. The number of aliphatic hydroxyl groups excluding tert-OH is 2. The second-order valence-electron chi connectivity index (χ2n) is 10.4. The summed E-state index contributed by atoms with van der Waals surface area (Å²) in [7, 11) is 0. The molecule has 0 aliphatic carbocycles. The molecular formula is C29H44ClFN4O4. The van der Waals surface area contributed by atoms with Crippen LogP contribution in [0.15, 0.2) is 24.4 Å². The van der Waals surface area contributed by atoms with E-state index in [2.05, 4.69) is 34.4 Å². The molecule has 10 heteroatoms. The minimum atomic E-state index is -1.76. The number of nitrogens with one attached hydrogen (secondary N) is 1. The van der Waals surface area contributed by atoms with Crippen LogP contribution in [-0.2, 0) is 9.53 Å². The standard InChI is InChI=1S/C29H44ClFN4O4/c1-2-3-4-5-6-7-8-9-10-11-12-13-14-15-16-17-23(37)32-26-21-18-19-35(27(21)34-29(30)33-26)28-24(31)25(38)22(20-36)39-28/h9-10,18-19,22,24-25,28,36,38H,2-8,11-17,20H2,1H3,(H,32,33,34,37)/b10-9-/t22-,24-,25?,28-/m1/s1. The van der Waals surface area contributed by atoms with Gasteiger partial charge >= 0.3 is 0 Å². The lowest BCUT2D eigenvalue weighted by Gasteiger charge is -2.16. The Morgan fingerprint density at radius 2 is 1.72 bits per heavy atom. The number of allylic oxidation sites excluding steroid dienone is 2. The number of carbonyl (C=O) groups excluding carboxylic acids is 1. The molecule has 1 aliphatic rings. The van der Waals surface area contributed by atoms with Crippen LogP contribution in [0.5, 0.6) is 0 Å². The second-order valence-corrected chi connectivity index (χ2v) is 10.7. The third kappa shape index (κ3) is 9.52. The number of rotatable bonds is 18. The van der Waals surface area contributed by atoms with E-state index < -0.39 is 31.2 Å². The number of aliphatic hydroxyl groups is 2. The largest absolute Gasteiger partial charge is 0.394 e. The van der Waals surface area contributed by atoms with E-state index in [1.165, 1.54) is 55.9 Å². The van der Waals surface area contributed by atoms with Crippen molar-refractivity contribution in [3.05, 3.63) is 29.7 Å². The Kier molecular flexibility index (Phi) is 13.6. The van der Waals surface area contributed by atoms with Gasteiger partial charge in [-0.15, -0.1) is 0 Å². The van der Waals surface area contributed by atoms with Crippen LogP contribution in [0.2, 0.25) is 5.28 Å². The molecule has 0 saturated carbocycles. The number of nitrogens with zero attached hydrogens (tertiary/aromatic N) is 3. The second kappa shape index (κ2) is 16.9. The Morgan fingerprint density at radius 1 is 1.08 bits per heavy atom. The van der Waals surface area contributed by atoms with Crippen molar-refractivity contribution in [2.75, 3.05) is 11.9 Å². The maximum atomic E-state index is 14.6. The zero-order chi connectivity index (χ0) is 28.0. The third-order valence-corrected chi connectivity index (χ3v) is 7.39. The van der Waals surface area contributed by atoms with Gasteiger partial charge in [0.15, 0.2) is 12.4 Å². The van der Waals surface area contributed by atoms with E-state index in [9.17, 15) is 19.4 Å². The van der Waals surface area contributed by atoms with Crippen molar-refractivity contribution in [2.24, 2.45) is 0 Å². The van der Waals surface area contributed by atoms with Crippen LogP contribution in [0.1, 0.15) is 103 Å². The predicted octanol–water partition coefficient (Wildman–Crippen LogP) is 6.65. The number of alkyl halides is 1. The fourth-order valence-electron chi connectivity index (χ4n) is 4.94. The molecule has 1 unspecified atom stereocenters. The molecule has 2 aromatic heterocycles. The molecule has 0 radical (unpaired) electrons. The molecule has 3 N–H and O–H groups in total. The van der Waals surface area contributed by atoms with Crippen LogP contribution in [-0.4, -0.2) is 55.6 Å². The molecule has 0 bridgehead atoms. The summed E-state index contributed by atoms with van der Waals surface area (Å²) in [5.41, 5.74) is 0.268. The first-order valence-corrected chi connectivity index (χ1v) is 14.9. The van der Waals surface area contributed by atoms with E-state index in [0.717, 1.165) is 32.1 Å². The number of carbonyl (C=O) groups is 1. The highest BCUT2D eigenvalue weighted by atomic mass is 35.5. The molecule has 1 amide bonds. The van der Waals surface area contributed by atoms with Gasteiger partial charge in [-0.1, -0.05) is 70.4 Å². The molecule has 1 fully saturated rings. The van der Waals surface area contributed by atoms with Crippen molar-refractivity contribution < 1.29 is 24.1 Å². The number of unbranched alkanes of at least 4 members (excludes halogenated alkanes) is 11. The van der Waals surface area contributed by atoms with Crippen LogP contribution < -0.4 is 5.32 Å². The van der Waals surface area contributed by atoms with Crippen LogP contribution in [0, 0.1) is 0 Å². The van der Waals surface area contributed by atoms with E-state index in [1.54, 1.807) is 12.3 Å². The zero-order valence-electron chi connectivity index (χ0n) is 23.0. The van der Waals surface area contributed by atoms with Crippen LogP contribution in [0.25, 0.3) is 11.0 Å². The summed E-state index contributed by atoms with van der Waals surface area (Å²) >= 11 is 6.09. The Labute approximate surface area is 236 Å². The first-order valence-electron chi connectivity index (χ1n) is 14.5. The lowest BCUT2D eigenvalue weighted by atomic mass is 10.1. The molecule has 2 aromatic rings. The summed E-state index contributed by atoms with van der Waals surface area (Å²) in [5, 5.41) is 22.5. The minimum Gasteiger partial charge on any atom is -0.394 e. The van der Waals surface area contributed by atoms with Gasteiger partial charge in [-0.25, -0.2) is 4.39 Å². The third-order valence-electron chi connectivity index (χ3n) is 7.22. The fraction of sp³-hybridized carbons (Fsp3) is 0.690. The average Bonchev–Trinajstić information content (AvgIpc) is 3.46. The summed E-state index contributed by atoms with van der Waals surface area (Å²) in [6.07, 6.45) is 16.6. The zero-order valence-corrected chi connectivity index (χ0v) is 23.8. The molecule has 218 valence electrons. The van der Waals surface area contributed by atoms with Gasteiger partial charge in [0, 0.05) is 12.6 Å². The van der Waals surface area contributed by atoms with E-state index in [1.807, 2.05) is 0 Å². The number of amides is 1. The van der Waals surface area contributed by atoms with Crippen molar-refractivity contribution >= 4 is 34.4 Å². The van der Waals surface area contributed by atoms with Gasteiger partial charge in [0.1, 0.15) is 23.7 Å². The van der Waals surface area contributed by atoms with Gasteiger partial charge in [0.05, 0.1) is 12.0 Å². The van der Waals surface area contributed by atoms with E-state index in [4.69, 9.17) is 16.3 Å². The number of hydrogen-bond acceptors (Lipinski definition) is 6. The van der Waals surface area contributed by atoms with Crippen molar-refractivity contribution in [2.45, 2.75) is 121 Å². The van der Waals surface area contributed by atoms with Crippen LogP contribution in [0.4, 0.5) is 10.2 Å². The first-order chi connectivity index (χ1) is 19.0. The Bertz CT molecular complexity index is 1050. The van der Waals surface area contributed by atoms with Crippen molar-refractivity contribution in [1.82, 2.24) is 14.5 Å². The van der Waals surface area contributed by atoms with Gasteiger partial charge in [-0.05, 0) is 49.8 Å². The molecule has 8 nitrogen and oxygen atoms in total. The average molecular weight is 567 g/mol. The molecule has 1 aliphatic heterocycles. The Morgan fingerprint density at radius 3 is 2.36 bits per heavy atom. The predicted molar refractivity (Wildman–Crippen MR) is 153 cm³/mol. The summed E-state index contributed by atoms with van der Waals surface area (Å²) < 4.78 is 21.5. The van der Waals surface area contributed by atoms with E-state index in [-0.39, 0.29) is 22.7 Å². The highest BCUT2D eigenvalue weighted by Crippen LogP contribution is 2.35. The normalized spacial score (nSPS) is 21.4. The van der Waals surface area contributed by atoms with Crippen molar-refractivity contribution in [3.63, 3.8) is 0 Å². The van der Waals surface area contributed by atoms with Gasteiger partial charge < -0.3 is 24.8 Å². The van der Waals surface area contributed by atoms with Crippen LogP contribution in [0.3, 0.4) is 0 Å². The van der Waals surface area contributed by atoms with Crippen molar-refractivity contribution in [3.8, 4) is 0 Å². The van der Waals surface area contributed by atoms with Crippen molar-refractivity contribution in [1.29, 1.82) is 0 Å². The SMILES string of the molecule is CCCCCCCC/C=C\CCCCCCCC(=O)Nc1nc(Cl)nc2c1ccn2[C@@H]1O[C@H](CO)C(O)[C@H]1F. The molecule has 0 aromatic carbocycles. The topological polar surface area (TPSA) is 110 Å². The number of aromatic nitrogens is 3. The number of ether oxygens (including phenoxy) is 1. The fourth-order valence-corrected chi connectivity index (χ4v) is 5.10. The highest BCUT2D eigenvalue weighted by molar-refractivity contribution is 6.28. The van der Waals surface area contributed by atoms with E-state index >= 15 is 0 Å². The monoisotopic (exact) mass is 566 g/mol. The molecule has 39 heavy (non-hydrogen) atoms. The Balaban J connectivity index is 1.35. The summed E-state index contributed by atoms with van der Waals surface area (Å²) in [5.74, 6) is 0.0712. The molecule has 3 rings (SSSR count). The lowest BCUT2D eigenvalue weighted by Crippen LogP contribution is -2.30. The first kappa shape index (κ1) is 31.5. The summed E-state index contributed by atoms with van der Waals surface area (Å²) in [6.45, 7) is 1.74. The smallest absolute Gasteiger partial charge is 0.226 e. The molecular weight excluding hydrogens is 523 g/mol. The molecule has 4 atom stereocenters. The number of halogens is 2. The lowest BCUT2D eigenvalue weighted by molar-refractivity contribution is -0.116. The molecule has 3 heterocycles. The highest BCUT2D eigenvalue weighted by Gasteiger charge is 2.45. The van der Waals surface area contributed by atoms with Crippen LogP contribution >= 0.6 is 11.6 Å². The van der Waals surface area contributed by atoms with Gasteiger partial charge in [0.2, 0.25) is 11.2 Å². The van der Waals surface area contributed by atoms with E-state index in [0.29, 0.717) is 11.8 Å². The maximum Gasteiger partial charge on any atom is 0.226 e. The molecule has 0 spiro atoms. The van der Waals surface area contributed by atoms with Gasteiger partial charge in [0.25, 0.3) is 0 Å².